The van der Waals surface area contributed by atoms with Crippen molar-refractivity contribution >= 4 is 11.9 Å². The first-order valence-corrected chi connectivity index (χ1v) is 10.3. The number of fused-ring (bicyclic) bond motifs is 4. The van der Waals surface area contributed by atoms with E-state index < -0.39 is 29.9 Å². The number of carbonyl (C=O) groups is 2. The first-order valence-electron chi connectivity index (χ1n) is 10.3. The molecule has 3 aliphatic rings. The van der Waals surface area contributed by atoms with Gasteiger partial charge in [0.2, 0.25) is 0 Å². The fourth-order valence-corrected chi connectivity index (χ4v) is 4.76. The lowest BCUT2D eigenvalue weighted by molar-refractivity contribution is -0.122. The monoisotopic (exact) mass is 407 g/mol. The van der Waals surface area contributed by atoms with Gasteiger partial charge in [0, 0.05) is 11.1 Å². The smallest absolute Gasteiger partial charge is 0.411 e. The second-order valence-electron chi connectivity index (χ2n) is 9.05. The Morgan fingerprint density at radius 1 is 1.03 bits per heavy atom. The third-order valence-electron chi connectivity index (χ3n) is 5.87. The summed E-state index contributed by atoms with van der Waals surface area (Å²) in [7, 11) is 0. The van der Waals surface area contributed by atoms with Crippen LogP contribution >= 0.6 is 0 Å². The van der Waals surface area contributed by atoms with Crippen molar-refractivity contribution in [3.63, 3.8) is 0 Å². The average Bonchev–Trinajstić information content (AvgIpc) is 3.35. The summed E-state index contributed by atoms with van der Waals surface area (Å²) in [6, 6.07) is 15.2. The molecule has 2 aliphatic heterocycles. The summed E-state index contributed by atoms with van der Waals surface area (Å²) >= 11 is 0. The van der Waals surface area contributed by atoms with Crippen LogP contribution in [0.2, 0.25) is 0 Å². The van der Waals surface area contributed by atoms with Crippen molar-refractivity contribution in [3.05, 3.63) is 59.7 Å². The van der Waals surface area contributed by atoms with Crippen molar-refractivity contribution in [1.29, 1.82) is 0 Å². The fourth-order valence-electron chi connectivity index (χ4n) is 4.76. The van der Waals surface area contributed by atoms with E-state index >= 15 is 0 Å². The predicted octanol–water partition coefficient (Wildman–Crippen LogP) is 3.73. The second kappa shape index (κ2) is 6.93. The minimum absolute atomic E-state index is 0.00177. The number of nitrogens with zero attached hydrogens (tertiary/aromatic N) is 1. The molecule has 2 saturated heterocycles. The zero-order valence-electron chi connectivity index (χ0n) is 17.3. The fraction of sp³-hybridized carbons (Fsp3) is 0.417. The SMILES string of the molecule is CC(C)(C)O[C@H]1CN(C(=O)OC2c3ccccc3-c3ccccc32)[C@@H]2C(=O)CO[C@H]12. The quantitative estimate of drug-likeness (QED) is 0.759. The Morgan fingerprint density at radius 2 is 1.63 bits per heavy atom. The topological polar surface area (TPSA) is 65.1 Å². The number of carbonyl (C=O) groups excluding carboxylic acids is 2. The molecule has 0 unspecified atom stereocenters. The van der Waals surface area contributed by atoms with Crippen LogP contribution in [0.3, 0.4) is 0 Å². The van der Waals surface area contributed by atoms with Crippen molar-refractivity contribution in [2.75, 3.05) is 13.2 Å². The third-order valence-corrected chi connectivity index (χ3v) is 5.87. The molecule has 6 nitrogen and oxygen atoms in total. The molecule has 2 aromatic carbocycles. The molecule has 30 heavy (non-hydrogen) atoms. The van der Waals surface area contributed by atoms with Crippen LogP contribution in [0.4, 0.5) is 4.79 Å². The van der Waals surface area contributed by atoms with Crippen LogP contribution in [0.15, 0.2) is 48.5 Å². The summed E-state index contributed by atoms with van der Waals surface area (Å²) in [5.74, 6) is -0.107. The minimum atomic E-state index is -0.656. The first-order chi connectivity index (χ1) is 14.3. The van der Waals surface area contributed by atoms with Crippen LogP contribution in [-0.2, 0) is 19.0 Å². The van der Waals surface area contributed by atoms with Crippen LogP contribution in [0.1, 0.15) is 38.0 Å². The molecular weight excluding hydrogens is 382 g/mol. The Bertz CT molecular complexity index is 965. The molecule has 0 saturated carbocycles. The molecule has 2 fully saturated rings. The van der Waals surface area contributed by atoms with Gasteiger partial charge < -0.3 is 14.2 Å². The van der Waals surface area contributed by atoms with Crippen molar-refractivity contribution in [2.24, 2.45) is 0 Å². The van der Waals surface area contributed by atoms with E-state index in [1.165, 1.54) is 4.90 Å². The summed E-state index contributed by atoms with van der Waals surface area (Å²) < 4.78 is 17.8. The molecule has 0 aromatic heterocycles. The lowest BCUT2D eigenvalue weighted by Crippen LogP contribution is -2.42. The van der Waals surface area contributed by atoms with E-state index in [9.17, 15) is 9.59 Å². The highest BCUT2D eigenvalue weighted by molar-refractivity contribution is 5.91. The van der Waals surface area contributed by atoms with Gasteiger partial charge in [0.15, 0.2) is 11.9 Å². The van der Waals surface area contributed by atoms with E-state index in [4.69, 9.17) is 14.2 Å². The number of Topliss-reactive ketones (excluding diaryl/α,β-unsaturated/α-hetero) is 1. The summed E-state index contributed by atoms with van der Waals surface area (Å²) in [5.41, 5.74) is 3.64. The molecule has 1 amide bonds. The Kier molecular flexibility index (Phi) is 4.45. The van der Waals surface area contributed by atoms with E-state index in [2.05, 4.69) is 0 Å². The van der Waals surface area contributed by atoms with Gasteiger partial charge in [-0.1, -0.05) is 48.5 Å². The highest BCUT2D eigenvalue weighted by Gasteiger charge is 2.54. The second-order valence-corrected chi connectivity index (χ2v) is 9.05. The van der Waals surface area contributed by atoms with E-state index in [0.29, 0.717) is 0 Å². The van der Waals surface area contributed by atoms with Gasteiger partial charge in [-0.05, 0) is 31.9 Å². The molecular formula is C24H25NO5. The van der Waals surface area contributed by atoms with Crippen LogP contribution in [0, 0.1) is 0 Å². The lowest BCUT2D eigenvalue weighted by Gasteiger charge is -2.27. The summed E-state index contributed by atoms with van der Waals surface area (Å²) in [4.78, 5) is 27.2. The molecule has 2 aromatic rings. The number of likely N-dealkylation sites (tertiary alicyclic amines) is 1. The molecule has 0 bridgehead atoms. The lowest BCUT2D eigenvalue weighted by atomic mass is 10.1. The molecule has 2 heterocycles. The van der Waals surface area contributed by atoms with Crippen LogP contribution in [0.5, 0.6) is 0 Å². The van der Waals surface area contributed by atoms with Gasteiger partial charge in [0.1, 0.15) is 24.9 Å². The van der Waals surface area contributed by atoms with Crippen molar-refractivity contribution in [3.8, 4) is 11.1 Å². The van der Waals surface area contributed by atoms with Gasteiger partial charge in [-0.2, -0.15) is 0 Å². The molecule has 0 radical (unpaired) electrons. The molecule has 0 N–H and O–H groups in total. The number of hydrogen-bond acceptors (Lipinski definition) is 5. The highest BCUT2D eigenvalue weighted by atomic mass is 16.6. The normalized spacial score (nSPS) is 25.2. The number of ether oxygens (including phenoxy) is 3. The largest absolute Gasteiger partial charge is 0.436 e. The number of hydrogen-bond donors (Lipinski definition) is 0. The Balaban J connectivity index is 1.42. The molecule has 1 aliphatic carbocycles. The van der Waals surface area contributed by atoms with Crippen molar-refractivity contribution < 1.29 is 23.8 Å². The maximum Gasteiger partial charge on any atom is 0.411 e. The molecule has 3 atom stereocenters. The predicted molar refractivity (Wildman–Crippen MR) is 110 cm³/mol. The summed E-state index contributed by atoms with van der Waals surface area (Å²) in [5, 5.41) is 0. The van der Waals surface area contributed by atoms with Crippen LogP contribution < -0.4 is 0 Å². The van der Waals surface area contributed by atoms with Gasteiger partial charge in [-0.15, -0.1) is 0 Å². The van der Waals surface area contributed by atoms with Gasteiger partial charge in [0.05, 0.1) is 12.1 Å². The van der Waals surface area contributed by atoms with Gasteiger partial charge in [-0.3, -0.25) is 9.69 Å². The summed E-state index contributed by atoms with van der Waals surface area (Å²) in [6.45, 7) is 6.12. The first kappa shape index (κ1) is 19.3. The third kappa shape index (κ3) is 3.11. The number of amides is 1. The Labute approximate surface area is 175 Å². The van der Waals surface area contributed by atoms with E-state index in [1.54, 1.807) is 0 Å². The molecule has 5 rings (SSSR count). The maximum atomic E-state index is 13.3. The maximum absolute atomic E-state index is 13.3. The van der Waals surface area contributed by atoms with E-state index in [1.807, 2.05) is 69.3 Å². The zero-order chi connectivity index (χ0) is 21.0. The minimum Gasteiger partial charge on any atom is -0.436 e. The average molecular weight is 407 g/mol. The van der Waals surface area contributed by atoms with Gasteiger partial charge in [-0.25, -0.2) is 4.79 Å². The number of ketones is 1. The highest BCUT2D eigenvalue weighted by Crippen LogP contribution is 2.45. The standard InChI is InChI=1S/C24H25NO5/c1-24(2,3)30-19-12-25(20-18(26)13-28-22(19)20)23(27)29-21-16-10-6-4-8-14(16)15-9-5-7-11-17(15)21/h4-11,19-22H,12-13H2,1-3H3/t19-,20+,22+/m0/s1. The molecule has 156 valence electrons. The number of rotatable bonds is 2. The Hall–Kier alpha value is -2.70. The van der Waals surface area contributed by atoms with E-state index in [0.717, 1.165) is 22.3 Å². The number of benzene rings is 2. The van der Waals surface area contributed by atoms with Gasteiger partial charge in [0.25, 0.3) is 0 Å². The van der Waals surface area contributed by atoms with E-state index in [-0.39, 0.29) is 25.0 Å². The van der Waals surface area contributed by atoms with Gasteiger partial charge >= 0.3 is 6.09 Å². The van der Waals surface area contributed by atoms with Crippen molar-refractivity contribution in [2.45, 2.75) is 50.7 Å². The van der Waals surface area contributed by atoms with Crippen LogP contribution in [-0.4, -0.2) is 53.8 Å². The summed E-state index contributed by atoms with van der Waals surface area (Å²) in [6.07, 6.45) is -1.83. The Morgan fingerprint density at radius 3 is 2.23 bits per heavy atom. The van der Waals surface area contributed by atoms with Crippen molar-refractivity contribution in [1.82, 2.24) is 4.90 Å². The molecule has 0 spiro atoms. The molecule has 6 heteroatoms. The van der Waals surface area contributed by atoms with Crippen LogP contribution in [0.25, 0.3) is 11.1 Å². The zero-order valence-corrected chi connectivity index (χ0v) is 17.3.